The van der Waals surface area contributed by atoms with Crippen LogP contribution in [-0.2, 0) is 0 Å². The number of aromatic nitrogens is 2. The van der Waals surface area contributed by atoms with Crippen molar-refractivity contribution in [3.63, 3.8) is 0 Å². The monoisotopic (exact) mass is 389 g/mol. The molecule has 28 heavy (non-hydrogen) atoms. The first kappa shape index (κ1) is 21.3. The Morgan fingerprint density at radius 1 is 1.00 bits per heavy atom. The standard InChI is InChI=1S/C20H24FN3O4/c1-2-3-4-5-6-10-13-22-19(27)23-14-16(21)18(26)24(20(23)28)17(25)15-11-8-7-9-12-15/h7-9,11-12,14H,2-6,10,13H2,1H3,(H,22,27). The maximum absolute atomic E-state index is 14.0. The molecule has 0 aliphatic rings. The lowest BCUT2D eigenvalue weighted by molar-refractivity contribution is 0.0947. The first-order valence-corrected chi connectivity index (χ1v) is 9.39. The van der Waals surface area contributed by atoms with E-state index in [1.807, 2.05) is 0 Å². The third-order valence-electron chi connectivity index (χ3n) is 4.30. The van der Waals surface area contributed by atoms with E-state index in [0.29, 0.717) is 17.3 Å². The second-order valence-electron chi connectivity index (χ2n) is 6.44. The zero-order chi connectivity index (χ0) is 20.5. The van der Waals surface area contributed by atoms with Gasteiger partial charge in [0.25, 0.3) is 11.5 Å². The lowest BCUT2D eigenvalue weighted by Gasteiger charge is -2.10. The van der Waals surface area contributed by atoms with Crippen LogP contribution in [0, 0.1) is 5.82 Å². The zero-order valence-corrected chi connectivity index (χ0v) is 15.8. The summed E-state index contributed by atoms with van der Waals surface area (Å²) in [6, 6.07) is 6.64. The minimum absolute atomic E-state index is 0.0336. The van der Waals surface area contributed by atoms with Crippen molar-refractivity contribution in [2.75, 3.05) is 6.54 Å². The Kier molecular flexibility index (Phi) is 7.86. The Balaban J connectivity index is 2.14. The van der Waals surface area contributed by atoms with Crippen LogP contribution in [-0.4, -0.2) is 27.6 Å². The highest BCUT2D eigenvalue weighted by Gasteiger charge is 2.21. The van der Waals surface area contributed by atoms with Crippen LogP contribution in [0.25, 0.3) is 0 Å². The molecule has 1 heterocycles. The topological polar surface area (TPSA) is 90.2 Å². The predicted octanol–water partition coefficient (Wildman–Crippen LogP) is 2.76. The number of hydrogen-bond acceptors (Lipinski definition) is 4. The minimum Gasteiger partial charge on any atom is -0.337 e. The molecule has 0 spiro atoms. The molecule has 0 fully saturated rings. The van der Waals surface area contributed by atoms with E-state index in [1.165, 1.54) is 12.1 Å². The summed E-state index contributed by atoms with van der Waals surface area (Å²) in [5.74, 6) is -2.36. The fourth-order valence-electron chi connectivity index (χ4n) is 2.75. The van der Waals surface area contributed by atoms with E-state index in [-0.39, 0.29) is 10.1 Å². The van der Waals surface area contributed by atoms with Gasteiger partial charge in [-0.15, -0.1) is 0 Å². The van der Waals surface area contributed by atoms with Crippen molar-refractivity contribution in [2.24, 2.45) is 0 Å². The predicted molar refractivity (Wildman–Crippen MR) is 103 cm³/mol. The van der Waals surface area contributed by atoms with Gasteiger partial charge in [0.15, 0.2) is 0 Å². The molecule has 0 aliphatic heterocycles. The first-order valence-electron chi connectivity index (χ1n) is 9.39. The Morgan fingerprint density at radius 3 is 2.32 bits per heavy atom. The number of unbranched alkanes of at least 4 members (excludes halogenated alkanes) is 5. The normalized spacial score (nSPS) is 10.6. The number of amides is 1. The van der Waals surface area contributed by atoms with Crippen LogP contribution >= 0.6 is 0 Å². The SMILES string of the molecule is CCCCCCCCNC(=O)n1cc(F)c(=O)n(C(=O)c2ccccc2)c1=O. The fourth-order valence-corrected chi connectivity index (χ4v) is 2.75. The molecule has 2 aromatic rings. The average Bonchev–Trinajstić information content (AvgIpc) is 2.70. The zero-order valence-electron chi connectivity index (χ0n) is 15.8. The summed E-state index contributed by atoms with van der Waals surface area (Å²) in [6.07, 6.45) is 6.64. The van der Waals surface area contributed by atoms with Gasteiger partial charge in [0, 0.05) is 12.1 Å². The van der Waals surface area contributed by atoms with Crippen LogP contribution in [0.1, 0.15) is 55.8 Å². The summed E-state index contributed by atoms with van der Waals surface area (Å²) in [4.78, 5) is 49.2. The summed E-state index contributed by atoms with van der Waals surface area (Å²) in [7, 11) is 0. The van der Waals surface area contributed by atoms with Crippen molar-refractivity contribution < 1.29 is 14.0 Å². The van der Waals surface area contributed by atoms with Crippen molar-refractivity contribution >= 4 is 11.9 Å². The summed E-state index contributed by atoms with van der Waals surface area (Å²) in [6.45, 7) is 2.43. The van der Waals surface area contributed by atoms with Crippen LogP contribution in [0.4, 0.5) is 9.18 Å². The first-order chi connectivity index (χ1) is 13.5. The van der Waals surface area contributed by atoms with E-state index in [2.05, 4.69) is 12.2 Å². The molecule has 2 rings (SSSR count). The number of halogens is 1. The van der Waals surface area contributed by atoms with Gasteiger partial charge in [0.2, 0.25) is 5.82 Å². The van der Waals surface area contributed by atoms with Gasteiger partial charge in [-0.25, -0.2) is 14.2 Å². The third-order valence-corrected chi connectivity index (χ3v) is 4.30. The number of carbonyl (C=O) groups excluding carboxylic acids is 2. The lowest BCUT2D eigenvalue weighted by atomic mass is 10.1. The van der Waals surface area contributed by atoms with Crippen molar-refractivity contribution in [2.45, 2.75) is 45.4 Å². The van der Waals surface area contributed by atoms with Crippen LogP contribution in [0.2, 0.25) is 0 Å². The van der Waals surface area contributed by atoms with E-state index in [1.54, 1.807) is 18.2 Å². The molecule has 0 saturated heterocycles. The third kappa shape index (κ3) is 5.25. The summed E-state index contributed by atoms with van der Waals surface area (Å²) < 4.78 is 14.5. The molecule has 1 aromatic heterocycles. The van der Waals surface area contributed by atoms with Crippen molar-refractivity contribution in [1.29, 1.82) is 0 Å². The van der Waals surface area contributed by atoms with Crippen LogP contribution in [0.15, 0.2) is 46.1 Å². The molecule has 0 radical (unpaired) electrons. The van der Waals surface area contributed by atoms with E-state index >= 15 is 0 Å². The molecule has 7 nitrogen and oxygen atoms in total. The van der Waals surface area contributed by atoms with Crippen molar-refractivity contribution in [1.82, 2.24) is 14.5 Å². The van der Waals surface area contributed by atoms with Gasteiger partial charge in [-0.3, -0.25) is 9.59 Å². The molecule has 0 atom stereocenters. The Bertz CT molecular complexity index is 935. The number of nitrogens with one attached hydrogen (secondary N) is 1. The van der Waals surface area contributed by atoms with Gasteiger partial charge < -0.3 is 5.32 Å². The highest BCUT2D eigenvalue weighted by atomic mass is 19.1. The molecule has 8 heteroatoms. The number of benzene rings is 1. The average molecular weight is 389 g/mol. The summed E-state index contributed by atoms with van der Waals surface area (Å²) in [5, 5.41) is 2.51. The van der Waals surface area contributed by atoms with E-state index < -0.39 is 29.0 Å². The number of nitrogens with zero attached hydrogens (tertiary/aromatic N) is 2. The number of hydrogen-bond donors (Lipinski definition) is 1. The molecule has 0 bridgehead atoms. The maximum Gasteiger partial charge on any atom is 0.346 e. The molecule has 1 aromatic carbocycles. The molecule has 1 amide bonds. The Morgan fingerprint density at radius 2 is 1.64 bits per heavy atom. The second-order valence-corrected chi connectivity index (χ2v) is 6.44. The lowest BCUT2D eigenvalue weighted by Crippen LogP contribution is -2.49. The Hall–Kier alpha value is -3.03. The quantitative estimate of drug-likeness (QED) is 0.703. The van der Waals surface area contributed by atoms with Crippen LogP contribution in [0.3, 0.4) is 0 Å². The van der Waals surface area contributed by atoms with Crippen LogP contribution < -0.4 is 16.6 Å². The van der Waals surface area contributed by atoms with Gasteiger partial charge in [-0.1, -0.05) is 57.2 Å². The van der Waals surface area contributed by atoms with Gasteiger partial charge >= 0.3 is 11.7 Å². The molecule has 150 valence electrons. The summed E-state index contributed by atoms with van der Waals surface area (Å²) in [5.41, 5.74) is -2.56. The van der Waals surface area contributed by atoms with Gasteiger partial charge in [0.05, 0.1) is 6.20 Å². The number of rotatable bonds is 8. The Labute approximate surface area is 161 Å². The maximum atomic E-state index is 14.0. The molecular weight excluding hydrogens is 365 g/mol. The molecule has 0 aliphatic carbocycles. The second kappa shape index (κ2) is 10.3. The highest BCUT2D eigenvalue weighted by molar-refractivity contribution is 5.95. The van der Waals surface area contributed by atoms with Gasteiger partial charge in [0.1, 0.15) is 0 Å². The summed E-state index contributed by atoms with van der Waals surface area (Å²) >= 11 is 0. The fraction of sp³-hybridized carbons (Fsp3) is 0.400. The van der Waals surface area contributed by atoms with Gasteiger partial charge in [-0.05, 0) is 18.6 Å². The van der Waals surface area contributed by atoms with E-state index in [9.17, 15) is 23.6 Å². The smallest absolute Gasteiger partial charge is 0.337 e. The number of carbonyl (C=O) groups is 2. The van der Waals surface area contributed by atoms with Gasteiger partial charge in [-0.2, -0.15) is 8.96 Å². The minimum atomic E-state index is -1.39. The molecule has 0 unspecified atom stereocenters. The van der Waals surface area contributed by atoms with Crippen molar-refractivity contribution in [3.8, 4) is 0 Å². The highest BCUT2D eigenvalue weighted by Crippen LogP contribution is 2.04. The van der Waals surface area contributed by atoms with Crippen molar-refractivity contribution in [3.05, 3.63) is 68.7 Å². The molecule has 0 saturated carbocycles. The molecular formula is C20H24FN3O4. The van der Waals surface area contributed by atoms with E-state index in [4.69, 9.17) is 0 Å². The van der Waals surface area contributed by atoms with E-state index in [0.717, 1.165) is 38.5 Å². The molecule has 1 N–H and O–H groups in total. The largest absolute Gasteiger partial charge is 0.346 e. The van der Waals surface area contributed by atoms with Crippen LogP contribution in [0.5, 0.6) is 0 Å².